The lowest BCUT2D eigenvalue weighted by molar-refractivity contribution is -0.135. The quantitative estimate of drug-likeness (QED) is 0.516. The number of benzene rings is 1. The van der Waals surface area contributed by atoms with Crippen molar-refractivity contribution in [3.63, 3.8) is 0 Å². The molecule has 2 fully saturated rings. The van der Waals surface area contributed by atoms with E-state index in [1.165, 1.54) is 5.57 Å². The molecule has 0 N–H and O–H groups in total. The van der Waals surface area contributed by atoms with Crippen molar-refractivity contribution in [3.05, 3.63) is 83.9 Å². The van der Waals surface area contributed by atoms with Crippen LogP contribution < -0.4 is 0 Å². The molecule has 3 aliphatic heterocycles. The Balaban J connectivity index is 1.15. The number of hydrogen-bond acceptors (Lipinski definition) is 5. The number of likely N-dealkylation sites (tertiary alicyclic amines) is 1. The molecule has 5 rings (SSSR count). The highest BCUT2D eigenvalue weighted by molar-refractivity contribution is 5.80. The second-order valence-corrected chi connectivity index (χ2v) is 10.1. The molecule has 3 heterocycles. The van der Waals surface area contributed by atoms with Crippen LogP contribution in [0.3, 0.4) is 0 Å². The molecular weight excluding hydrogens is 466 g/mol. The van der Waals surface area contributed by atoms with Crippen LogP contribution >= 0.6 is 0 Å². The van der Waals surface area contributed by atoms with Gasteiger partial charge in [-0.3, -0.25) is 9.59 Å². The molecule has 1 aromatic rings. The predicted molar refractivity (Wildman–Crippen MR) is 142 cm³/mol. The molecule has 2 atom stereocenters. The van der Waals surface area contributed by atoms with Crippen LogP contribution in [0.25, 0.3) is 0 Å². The summed E-state index contributed by atoms with van der Waals surface area (Å²) in [7, 11) is 0. The Hall–Kier alpha value is -3.48. The van der Waals surface area contributed by atoms with Gasteiger partial charge >= 0.3 is 0 Å². The van der Waals surface area contributed by atoms with Gasteiger partial charge in [0.2, 0.25) is 17.7 Å². The zero-order valence-electron chi connectivity index (χ0n) is 21.7. The van der Waals surface area contributed by atoms with Crippen LogP contribution in [0.4, 0.5) is 0 Å². The smallest absolute Gasteiger partial charge is 0.231 e. The zero-order chi connectivity index (χ0) is 25.6. The van der Waals surface area contributed by atoms with Gasteiger partial charge in [-0.05, 0) is 31.7 Å². The Labute approximate surface area is 219 Å². The SMILES string of the molecule is CCN1C(=O)CCC1C(CC(=O)N1CCN(C2=COC(CC3=CC=CCC3)=CO2)CC1)c1ccccc1. The summed E-state index contributed by atoms with van der Waals surface area (Å²) in [5.74, 6) is 1.86. The Morgan fingerprint density at radius 2 is 1.86 bits per heavy atom. The Bertz CT molecular complexity index is 1100. The summed E-state index contributed by atoms with van der Waals surface area (Å²) in [6, 6.07) is 10.3. The number of ether oxygens (including phenoxy) is 2. The molecule has 4 aliphatic rings. The number of allylic oxidation sites excluding steroid dienone is 4. The molecule has 2 saturated heterocycles. The summed E-state index contributed by atoms with van der Waals surface area (Å²) in [4.78, 5) is 31.9. The minimum atomic E-state index is 0.00856. The third-order valence-electron chi connectivity index (χ3n) is 7.87. The van der Waals surface area contributed by atoms with E-state index in [9.17, 15) is 9.59 Å². The normalized spacial score (nSPS) is 22.6. The van der Waals surface area contributed by atoms with Gasteiger partial charge in [-0.15, -0.1) is 0 Å². The number of nitrogens with zero attached hydrogens (tertiary/aromatic N) is 3. The van der Waals surface area contributed by atoms with Gasteiger partial charge < -0.3 is 24.2 Å². The Morgan fingerprint density at radius 3 is 2.54 bits per heavy atom. The lowest BCUT2D eigenvalue weighted by Crippen LogP contribution is -2.49. The summed E-state index contributed by atoms with van der Waals surface area (Å²) in [5, 5.41) is 0. The van der Waals surface area contributed by atoms with E-state index < -0.39 is 0 Å². The van der Waals surface area contributed by atoms with E-state index in [1.807, 2.05) is 34.9 Å². The van der Waals surface area contributed by atoms with Crippen molar-refractivity contribution < 1.29 is 19.1 Å². The van der Waals surface area contributed by atoms with Crippen molar-refractivity contribution in [2.24, 2.45) is 0 Å². The number of likely N-dealkylation sites (N-methyl/N-ethyl adjacent to an activating group) is 1. The molecule has 0 saturated carbocycles. The van der Waals surface area contributed by atoms with Crippen molar-refractivity contribution in [1.82, 2.24) is 14.7 Å². The van der Waals surface area contributed by atoms with E-state index in [0.717, 1.165) is 37.0 Å². The van der Waals surface area contributed by atoms with E-state index in [4.69, 9.17) is 9.47 Å². The van der Waals surface area contributed by atoms with Crippen molar-refractivity contribution in [3.8, 4) is 0 Å². The summed E-state index contributed by atoms with van der Waals surface area (Å²) in [6.07, 6.45) is 14.5. The molecule has 2 amide bonds. The molecule has 2 unspecified atom stereocenters. The van der Waals surface area contributed by atoms with Gasteiger partial charge in [0.1, 0.15) is 12.0 Å². The van der Waals surface area contributed by atoms with E-state index in [2.05, 4.69) is 35.3 Å². The molecule has 37 heavy (non-hydrogen) atoms. The first-order valence-corrected chi connectivity index (χ1v) is 13.6. The standard InChI is InChI=1S/C30H37N3O4/c1-2-33-27(13-14-28(33)34)26(24-11-7-4-8-12-24)20-29(35)31-15-17-32(18-16-31)30-22-36-25(21-37-30)19-23-9-5-3-6-10-23/h3-5,7-9,11-12,21-22,26-27H,2,6,10,13-20H2,1H3. The van der Waals surface area contributed by atoms with Crippen LogP contribution in [-0.2, 0) is 19.1 Å². The maximum absolute atomic E-state index is 13.4. The van der Waals surface area contributed by atoms with Crippen LogP contribution in [0, 0.1) is 0 Å². The van der Waals surface area contributed by atoms with Gasteiger partial charge in [-0.1, -0.05) is 54.1 Å². The van der Waals surface area contributed by atoms with Crippen molar-refractivity contribution in [2.75, 3.05) is 32.7 Å². The second-order valence-electron chi connectivity index (χ2n) is 10.1. The molecule has 1 aromatic carbocycles. The molecule has 0 spiro atoms. The lowest BCUT2D eigenvalue weighted by Gasteiger charge is -2.38. The van der Waals surface area contributed by atoms with Crippen LogP contribution in [0.1, 0.15) is 56.9 Å². The van der Waals surface area contributed by atoms with Gasteiger partial charge in [-0.2, -0.15) is 0 Å². The highest BCUT2D eigenvalue weighted by atomic mass is 16.6. The highest BCUT2D eigenvalue weighted by Gasteiger charge is 2.38. The van der Waals surface area contributed by atoms with Gasteiger partial charge in [0.15, 0.2) is 6.26 Å². The maximum atomic E-state index is 13.4. The van der Waals surface area contributed by atoms with Gasteiger partial charge in [0, 0.05) is 63.9 Å². The number of carbonyl (C=O) groups is 2. The highest BCUT2D eigenvalue weighted by Crippen LogP contribution is 2.35. The number of rotatable bonds is 8. The fraction of sp³-hybridized carbons (Fsp3) is 0.467. The average molecular weight is 504 g/mol. The molecule has 0 bridgehead atoms. The minimum absolute atomic E-state index is 0.00856. The first kappa shape index (κ1) is 25.2. The minimum Gasteiger partial charge on any atom is -0.460 e. The van der Waals surface area contributed by atoms with Gasteiger partial charge in [0.25, 0.3) is 0 Å². The van der Waals surface area contributed by atoms with E-state index in [-0.39, 0.29) is 23.8 Å². The fourth-order valence-corrected chi connectivity index (χ4v) is 5.82. The topological polar surface area (TPSA) is 62.3 Å². The molecule has 7 heteroatoms. The number of carbonyl (C=O) groups excluding carboxylic acids is 2. The van der Waals surface area contributed by atoms with Crippen LogP contribution in [0.2, 0.25) is 0 Å². The molecular formula is C30H37N3O4. The Kier molecular flexibility index (Phi) is 7.97. The fourth-order valence-electron chi connectivity index (χ4n) is 5.82. The Morgan fingerprint density at radius 1 is 1.05 bits per heavy atom. The second kappa shape index (κ2) is 11.7. The first-order chi connectivity index (χ1) is 18.1. The monoisotopic (exact) mass is 503 g/mol. The summed E-state index contributed by atoms with van der Waals surface area (Å²) < 4.78 is 11.8. The van der Waals surface area contributed by atoms with Crippen LogP contribution in [0.15, 0.2) is 78.3 Å². The first-order valence-electron chi connectivity index (χ1n) is 13.6. The third kappa shape index (κ3) is 5.92. The molecule has 196 valence electrons. The summed E-state index contributed by atoms with van der Waals surface area (Å²) >= 11 is 0. The number of amides is 2. The van der Waals surface area contributed by atoms with E-state index >= 15 is 0 Å². The van der Waals surface area contributed by atoms with E-state index in [0.29, 0.717) is 51.4 Å². The van der Waals surface area contributed by atoms with Gasteiger partial charge in [-0.25, -0.2) is 0 Å². The van der Waals surface area contributed by atoms with Crippen molar-refractivity contribution in [2.45, 2.75) is 57.4 Å². The summed E-state index contributed by atoms with van der Waals surface area (Å²) in [5.41, 5.74) is 2.48. The number of hydrogen-bond donors (Lipinski definition) is 0. The number of piperazine rings is 1. The largest absolute Gasteiger partial charge is 0.460 e. The maximum Gasteiger partial charge on any atom is 0.231 e. The zero-order valence-corrected chi connectivity index (χ0v) is 21.7. The van der Waals surface area contributed by atoms with Gasteiger partial charge in [0.05, 0.1) is 0 Å². The molecule has 0 radical (unpaired) electrons. The third-order valence-corrected chi connectivity index (χ3v) is 7.87. The lowest BCUT2D eigenvalue weighted by atomic mass is 9.86. The van der Waals surface area contributed by atoms with Crippen LogP contribution in [-0.4, -0.2) is 65.3 Å². The summed E-state index contributed by atoms with van der Waals surface area (Å²) in [6.45, 7) is 5.36. The average Bonchev–Trinajstić information content (AvgIpc) is 3.33. The molecule has 1 aliphatic carbocycles. The molecule has 0 aromatic heterocycles. The van der Waals surface area contributed by atoms with E-state index in [1.54, 1.807) is 12.5 Å². The predicted octanol–water partition coefficient (Wildman–Crippen LogP) is 4.67. The molecule has 7 nitrogen and oxygen atoms in total. The van der Waals surface area contributed by atoms with Crippen molar-refractivity contribution >= 4 is 11.8 Å². The van der Waals surface area contributed by atoms with Crippen molar-refractivity contribution in [1.29, 1.82) is 0 Å². The van der Waals surface area contributed by atoms with Crippen LogP contribution in [0.5, 0.6) is 0 Å².